The first-order valence-electron chi connectivity index (χ1n) is 8.53. The van der Waals surface area contributed by atoms with Gasteiger partial charge in [-0.2, -0.15) is 13.2 Å². The first-order valence-corrected chi connectivity index (χ1v) is 8.53. The molecule has 0 aliphatic carbocycles. The Labute approximate surface area is 146 Å². The zero-order chi connectivity index (χ0) is 17.7. The van der Waals surface area contributed by atoms with Gasteiger partial charge in [0.2, 0.25) is 0 Å². The summed E-state index contributed by atoms with van der Waals surface area (Å²) >= 11 is 0. The number of alkyl halides is 3. The molecule has 3 rings (SSSR count). The highest BCUT2D eigenvalue weighted by Gasteiger charge is 2.30. The summed E-state index contributed by atoms with van der Waals surface area (Å²) in [4.78, 5) is 0. The van der Waals surface area contributed by atoms with Crippen LogP contribution in [0.5, 0.6) is 0 Å². The van der Waals surface area contributed by atoms with Crippen molar-refractivity contribution in [1.29, 1.82) is 0 Å². The van der Waals surface area contributed by atoms with Gasteiger partial charge in [-0.25, -0.2) is 0 Å². The van der Waals surface area contributed by atoms with Crippen molar-refractivity contribution in [1.82, 2.24) is 5.32 Å². The van der Waals surface area contributed by atoms with Crippen molar-refractivity contribution in [3.63, 3.8) is 0 Å². The van der Waals surface area contributed by atoms with Crippen LogP contribution in [0.25, 0.3) is 0 Å². The van der Waals surface area contributed by atoms with Crippen LogP contribution in [0.15, 0.2) is 54.6 Å². The molecular formula is C20H22F3NO. The van der Waals surface area contributed by atoms with E-state index in [0.717, 1.165) is 43.6 Å². The SMILES string of the molecule is FC(F)(F)c1ccc(COC2CNCC(Cc3ccccc3)C2)cc1. The number of nitrogens with one attached hydrogen (secondary N) is 1. The number of benzene rings is 2. The first kappa shape index (κ1) is 18.0. The fourth-order valence-corrected chi connectivity index (χ4v) is 3.22. The maximum absolute atomic E-state index is 12.6. The topological polar surface area (TPSA) is 21.3 Å². The van der Waals surface area contributed by atoms with Crippen molar-refractivity contribution >= 4 is 0 Å². The molecule has 0 radical (unpaired) electrons. The lowest BCUT2D eigenvalue weighted by Gasteiger charge is -2.30. The Morgan fingerprint density at radius 3 is 2.32 bits per heavy atom. The molecule has 1 aliphatic rings. The van der Waals surface area contributed by atoms with Gasteiger partial charge in [0.15, 0.2) is 0 Å². The van der Waals surface area contributed by atoms with Crippen LogP contribution in [0.1, 0.15) is 23.1 Å². The molecule has 2 nitrogen and oxygen atoms in total. The standard InChI is InChI=1S/C20H22F3NO/c21-20(22,23)18-8-6-16(7-9-18)14-25-19-11-17(12-24-13-19)10-15-4-2-1-3-5-15/h1-9,17,19,24H,10-14H2. The van der Waals surface area contributed by atoms with Crippen molar-refractivity contribution in [3.05, 3.63) is 71.3 Å². The lowest BCUT2D eigenvalue weighted by atomic mass is 9.91. The van der Waals surface area contributed by atoms with Gasteiger partial charge in [-0.1, -0.05) is 42.5 Å². The Hall–Kier alpha value is -1.85. The second-order valence-electron chi connectivity index (χ2n) is 6.58. The van der Waals surface area contributed by atoms with Gasteiger partial charge < -0.3 is 10.1 Å². The molecule has 2 aromatic carbocycles. The van der Waals surface area contributed by atoms with E-state index in [0.29, 0.717) is 12.5 Å². The minimum absolute atomic E-state index is 0.0877. The van der Waals surface area contributed by atoms with Crippen molar-refractivity contribution in [2.75, 3.05) is 13.1 Å². The summed E-state index contributed by atoms with van der Waals surface area (Å²) in [6, 6.07) is 15.6. The van der Waals surface area contributed by atoms with E-state index in [1.54, 1.807) is 0 Å². The van der Waals surface area contributed by atoms with E-state index in [-0.39, 0.29) is 6.10 Å². The minimum Gasteiger partial charge on any atom is -0.372 e. The molecule has 2 atom stereocenters. The lowest BCUT2D eigenvalue weighted by molar-refractivity contribution is -0.137. The summed E-state index contributed by atoms with van der Waals surface area (Å²) in [5.41, 5.74) is 1.45. The van der Waals surface area contributed by atoms with Gasteiger partial charge >= 0.3 is 6.18 Å². The first-order chi connectivity index (χ1) is 12.0. The van der Waals surface area contributed by atoms with Crippen LogP contribution in [-0.4, -0.2) is 19.2 Å². The number of hydrogen-bond acceptors (Lipinski definition) is 2. The summed E-state index contributed by atoms with van der Waals surface area (Å²) in [5.74, 6) is 0.508. The average Bonchev–Trinajstić information content (AvgIpc) is 2.61. The predicted molar refractivity (Wildman–Crippen MR) is 91.1 cm³/mol. The summed E-state index contributed by atoms with van der Waals surface area (Å²) in [7, 11) is 0. The highest BCUT2D eigenvalue weighted by molar-refractivity contribution is 5.24. The smallest absolute Gasteiger partial charge is 0.372 e. The van der Waals surface area contributed by atoms with Gasteiger partial charge in [-0.05, 0) is 48.6 Å². The third-order valence-corrected chi connectivity index (χ3v) is 4.54. The molecule has 1 heterocycles. The monoisotopic (exact) mass is 349 g/mol. The molecule has 0 amide bonds. The number of rotatable bonds is 5. The maximum Gasteiger partial charge on any atom is 0.416 e. The molecule has 25 heavy (non-hydrogen) atoms. The van der Waals surface area contributed by atoms with E-state index >= 15 is 0 Å². The van der Waals surface area contributed by atoms with E-state index in [9.17, 15) is 13.2 Å². The van der Waals surface area contributed by atoms with Gasteiger partial charge in [-0.15, -0.1) is 0 Å². The molecule has 134 valence electrons. The van der Waals surface area contributed by atoms with Crippen LogP contribution in [0.2, 0.25) is 0 Å². The fraction of sp³-hybridized carbons (Fsp3) is 0.400. The average molecular weight is 349 g/mol. The van der Waals surface area contributed by atoms with E-state index in [1.807, 2.05) is 18.2 Å². The van der Waals surface area contributed by atoms with Crippen molar-refractivity contribution in [3.8, 4) is 0 Å². The molecule has 2 aromatic rings. The van der Waals surface area contributed by atoms with Gasteiger partial charge in [-0.3, -0.25) is 0 Å². The van der Waals surface area contributed by atoms with Crippen LogP contribution >= 0.6 is 0 Å². The van der Waals surface area contributed by atoms with E-state index in [1.165, 1.54) is 17.7 Å². The van der Waals surface area contributed by atoms with Crippen LogP contribution < -0.4 is 5.32 Å². The second-order valence-corrected chi connectivity index (χ2v) is 6.58. The van der Waals surface area contributed by atoms with Crippen molar-refractivity contribution in [2.45, 2.75) is 31.7 Å². The maximum atomic E-state index is 12.6. The quantitative estimate of drug-likeness (QED) is 0.861. The Bertz CT molecular complexity index is 655. The lowest BCUT2D eigenvalue weighted by Crippen LogP contribution is -2.41. The third kappa shape index (κ3) is 5.31. The molecule has 1 aliphatic heterocycles. The van der Waals surface area contributed by atoms with E-state index in [4.69, 9.17) is 4.74 Å². The summed E-state index contributed by atoms with van der Waals surface area (Å²) in [6.07, 6.45) is -2.24. The summed E-state index contributed by atoms with van der Waals surface area (Å²) in [5, 5.41) is 3.40. The molecular weight excluding hydrogens is 327 g/mol. The van der Waals surface area contributed by atoms with E-state index in [2.05, 4.69) is 17.4 Å². The number of halogens is 3. The highest BCUT2D eigenvalue weighted by atomic mass is 19.4. The third-order valence-electron chi connectivity index (χ3n) is 4.54. The van der Waals surface area contributed by atoms with Gasteiger partial charge in [0.05, 0.1) is 18.3 Å². The van der Waals surface area contributed by atoms with Crippen LogP contribution in [0.4, 0.5) is 13.2 Å². The van der Waals surface area contributed by atoms with E-state index < -0.39 is 11.7 Å². The minimum atomic E-state index is -4.29. The second kappa shape index (κ2) is 8.02. The highest BCUT2D eigenvalue weighted by Crippen LogP contribution is 2.29. The summed E-state index contributed by atoms with van der Waals surface area (Å²) < 4.78 is 43.7. The van der Waals surface area contributed by atoms with Gasteiger partial charge in [0.25, 0.3) is 0 Å². The van der Waals surface area contributed by atoms with Crippen molar-refractivity contribution < 1.29 is 17.9 Å². The van der Waals surface area contributed by atoms with Crippen molar-refractivity contribution in [2.24, 2.45) is 5.92 Å². The molecule has 0 saturated carbocycles. The van der Waals surface area contributed by atoms with Gasteiger partial charge in [0, 0.05) is 6.54 Å². The Morgan fingerprint density at radius 2 is 1.64 bits per heavy atom. The zero-order valence-corrected chi connectivity index (χ0v) is 13.9. The molecule has 1 N–H and O–H groups in total. The van der Waals surface area contributed by atoms with Crippen LogP contribution in [0, 0.1) is 5.92 Å². The molecule has 1 saturated heterocycles. The van der Waals surface area contributed by atoms with Crippen LogP contribution in [-0.2, 0) is 23.9 Å². The molecule has 0 spiro atoms. The Balaban J connectivity index is 1.49. The number of ether oxygens (including phenoxy) is 1. The largest absolute Gasteiger partial charge is 0.416 e. The van der Waals surface area contributed by atoms with Crippen LogP contribution in [0.3, 0.4) is 0 Å². The molecule has 0 bridgehead atoms. The number of hydrogen-bond donors (Lipinski definition) is 1. The molecule has 2 unspecified atom stereocenters. The Morgan fingerprint density at radius 1 is 0.920 bits per heavy atom. The molecule has 1 fully saturated rings. The zero-order valence-electron chi connectivity index (χ0n) is 13.9. The fourth-order valence-electron chi connectivity index (χ4n) is 3.22. The molecule has 5 heteroatoms. The predicted octanol–water partition coefficient (Wildman–Crippen LogP) is 4.44. The summed E-state index contributed by atoms with van der Waals surface area (Å²) in [6.45, 7) is 2.09. The normalized spacial score (nSPS) is 21.2. The molecule has 0 aromatic heterocycles. The number of piperidine rings is 1. The van der Waals surface area contributed by atoms with Gasteiger partial charge in [0.1, 0.15) is 0 Å². The Kier molecular flexibility index (Phi) is 5.76.